The lowest BCUT2D eigenvalue weighted by atomic mass is 9.97. The van der Waals surface area contributed by atoms with Crippen LogP contribution in [0.2, 0.25) is 0 Å². The molecule has 0 unspecified atom stereocenters. The van der Waals surface area contributed by atoms with Gasteiger partial charge in [-0.05, 0) is 56.1 Å². The Morgan fingerprint density at radius 2 is 2.11 bits per heavy atom. The van der Waals surface area contributed by atoms with E-state index < -0.39 is 17.5 Å². The van der Waals surface area contributed by atoms with Gasteiger partial charge in [0.2, 0.25) is 5.95 Å². The van der Waals surface area contributed by atoms with Gasteiger partial charge in [-0.1, -0.05) is 0 Å². The van der Waals surface area contributed by atoms with Crippen LogP contribution in [0.25, 0.3) is 16.8 Å². The number of piperidine rings is 1. The third-order valence-corrected chi connectivity index (χ3v) is 4.98. The quantitative estimate of drug-likeness (QED) is 0.636. The van der Waals surface area contributed by atoms with Gasteiger partial charge in [-0.15, -0.1) is 10.2 Å². The summed E-state index contributed by atoms with van der Waals surface area (Å²) in [5.74, 6) is 0.129. The molecule has 9 heteroatoms. The molecule has 0 spiro atoms. The Kier molecular flexibility index (Phi) is 4.62. The number of aryl methyl sites for hydroxylation is 1. The minimum absolute atomic E-state index is 0.228. The Morgan fingerprint density at radius 3 is 2.79 bits per heavy atom. The molecule has 0 bridgehead atoms. The number of nitrogens with one attached hydrogen (secondary N) is 2. The van der Waals surface area contributed by atoms with Crippen molar-refractivity contribution in [3.8, 4) is 16.9 Å². The first kappa shape index (κ1) is 18.5. The molecule has 1 aliphatic rings. The molecular formula is C19H20F3N5O. The Balaban J connectivity index is 1.76. The largest absolute Gasteiger partial charge is 0.507 e. The Bertz CT molecular complexity index is 985. The minimum atomic E-state index is -4.52. The average molecular weight is 391 g/mol. The third kappa shape index (κ3) is 3.37. The molecule has 6 nitrogen and oxygen atoms in total. The van der Waals surface area contributed by atoms with Crippen LogP contribution in [0.1, 0.15) is 24.0 Å². The molecule has 3 aromatic rings. The number of phenolic OH excluding ortho intramolecular Hbond substituents is 1. The van der Waals surface area contributed by atoms with E-state index >= 15 is 0 Å². The summed E-state index contributed by atoms with van der Waals surface area (Å²) in [7, 11) is 0. The fraction of sp³-hybridized carbons (Fsp3) is 0.368. The molecule has 28 heavy (non-hydrogen) atoms. The van der Waals surface area contributed by atoms with Crippen LogP contribution < -0.4 is 10.6 Å². The molecule has 3 heterocycles. The number of phenols is 1. The summed E-state index contributed by atoms with van der Waals surface area (Å²) in [6.45, 7) is 3.36. The van der Waals surface area contributed by atoms with Crippen molar-refractivity contribution in [2.45, 2.75) is 32.0 Å². The van der Waals surface area contributed by atoms with Crippen molar-refractivity contribution in [3.63, 3.8) is 0 Å². The maximum atomic E-state index is 13.0. The van der Waals surface area contributed by atoms with Gasteiger partial charge in [-0.2, -0.15) is 13.2 Å². The van der Waals surface area contributed by atoms with Crippen molar-refractivity contribution in [2.24, 2.45) is 0 Å². The standard InChI is InChI=1S/C19H20F3N5O/c1-11-8-12(19(20,21)22)9-15(28)16(11)14-5-3-7-27-17(14)25-26-18(27)24-13-4-2-6-23-10-13/h3,5,7-9,13,23,28H,2,4,6,10H2,1H3,(H,24,26)/t13-/m1/s1. The molecular weight excluding hydrogens is 371 g/mol. The molecule has 1 fully saturated rings. The fourth-order valence-corrected chi connectivity index (χ4v) is 3.65. The molecule has 1 saturated heterocycles. The maximum Gasteiger partial charge on any atom is 0.416 e. The SMILES string of the molecule is Cc1cc(C(F)(F)F)cc(O)c1-c1cccn2c(N[C@@H]3CCCNC3)nnc12. The fourth-order valence-electron chi connectivity index (χ4n) is 3.65. The van der Waals surface area contributed by atoms with Crippen molar-refractivity contribution in [2.75, 3.05) is 18.4 Å². The smallest absolute Gasteiger partial charge is 0.416 e. The first-order valence-corrected chi connectivity index (χ1v) is 9.07. The summed E-state index contributed by atoms with van der Waals surface area (Å²) in [5, 5.41) is 25.4. The second kappa shape index (κ2) is 6.97. The van der Waals surface area contributed by atoms with E-state index in [0.717, 1.165) is 38.1 Å². The summed E-state index contributed by atoms with van der Waals surface area (Å²) in [4.78, 5) is 0. The van der Waals surface area contributed by atoms with Crippen molar-refractivity contribution >= 4 is 11.6 Å². The number of benzene rings is 1. The molecule has 0 radical (unpaired) electrons. The normalized spacial score (nSPS) is 17.8. The highest BCUT2D eigenvalue weighted by Crippen LogP contribution is 2.40. The molecule has 2 aromatic heterocycles. The number of aromatic nitrogens is 3. The number of aromatic hydroxyl groups is 1. The lowest BCUT2D eigenvalue weighted by Gasteiger charge is -2.23. The second-order valence-electron chi connectivity index (χ2n) is 7.01. The Labute approximate surface area is 159 Å². The van der Waals surface area contributed by atoms with Crippen LogP contribution in [0.5, 0.6) is 5.75 Å². The van der Waals surface area contributed by atoms with Gasteiger partial charge in [-0.25, -0.2) is 0 Å². The average Bonchev–Trinajstić information content (AvgIpc) is 3.05. The maximum absolute atomic E-state index is 13.0. The molecule has 1 aliphatic heterocycles. The molecule has 4 rings (SSSR count). The highest BCUT2D eigenvalue weighted by molar-refractivity contribution is 5.84. The topological polar surface area (TPSA) is 74.5 Å². The zero-order valence-electron chi connectivity index (χ0n) is 15.2. The van der Waals surface area contributed by atoms with Crippen molar-refractivity contribution < 1.29 is 18.3 Å². The van der Waals surface area contributed by atoms with E-state index in [0.29, 0.717) is 28.3 Å². The molecule has 148 valence electrons. The zero-order chi connectivity index (χ0) is 19.9. The number of nitrogens with zero attached hydrogens (tertiary/aromatic N) is 3. The third-order valence-electron chi connectivity index (χ3n) is 4.98. The van der Waals surface area contributed by atoms with E-state index in [1.165, 1.54) is 6.92 Å². The van der Waals surface area contributed by atoms with Crippen LogP contribution in [0.4, 0.5) is 19.1 Å². The van der Waals surface area contributed by atoms with Crippen LogP contribution in [0, 0.1) is 6.92 Å². The zero-order valence-corrected chi connectivity index (χ0v) is 15.2. The van der Waals surface area contributed by atoms with Gasteiger partial charge in [0.25, 0.3) is 0 Å². The number of fused-ring (bicyclic) bond motifs is 1. The van der Waals surface area contributed by atoms with E-state index in [4.69, 9.17) is 0 Å². The first-order valence-electron chi connectivity index (χ1n) is 9.07. The summed E-state index contributed by atoms with van der Waals surface area (Å²) in [6.07, 6.45) is -0.653. The van der Waals surface area contributed by atoms with Crippen LogP contribution in [0.15, 0.2) is 30.5 Å². The van der Waals surface area contributed by atoms with Gasteiger partial charge in [0.05, 0.1) is 5.56 Å². The van der Waals surface area contributed by atoms with Crippen LogP contribution in [0.3, 0.4) is 0 Å². The second-order valence-corrected chi connectivity index (χ2v) is 7.01. The van der Waals surface area contributed by atoms with Crippen LogP contribution in [-0.4, -0.2) is 38.8 Å². The summed E-state index contributed by atoms with van der Waals surface area (Å²) in [5.41, 5.74) is 0.735. The monoisotopic (exact) mass is 391 g/mol. The number of halogens is 3. The number of hydrogen-bond acceptors (Lipinski definition) is 5. The number of pyridine rings is 1. The first-order chi connectivity index (χ1) is 13.3. The van der Waals surface area contributed by atoms with Crippen molar-refractivity contribution in [1.29, 1.82) is 0 Å². The number of anilines is 1. The minimum Gasteiger partial charge on any atom is -0.507 e. The van der Waals surface area contributed by atoms with E-state index in [1.54, 1.807) is 22.7 Å². The van der Waals surface area contributed by atoms with E-state index in [-0.39, 0.29) is 6.04 Å². The van der Waals surface area contributed by atoms with Gasteiger partial charge < -0.3 is 15.7 Å². The lowest BCUT2D eigenvalue weighted by molar-refractivity contribution is -0.137. The molecule has 3 N–H and O–H groups in total. The van der Waals surface area contributed by atoms with Crippen LogP contribution >= 0.6 is 0 Å². The summed E-state index contributed by atoms with van der Waals surface area (Å²) >= 11 is 0. The number of hydrogen-bond donors (Lipinski definition) is 3. The molecule has 1 aromatic carbocycles. The van der Waals surface area contributed by atoms with Gasteiger partial charge >= 0.3 is 6.18 Å². The van der Waals surface area contributed by atoms with Crippen molar-refractivity contribution in [3.05, 3.63) is 41.6 Å². The van der Waals surface area contributed by atoms with Crippen LogP contribution in [-0.2, 0) is 6.18 Å². The predicted molar refractivity (Wildman–Crippen MR) is 99.3 cm³/mol. The predicted octanol–water partition coefficient (Wildman–Crippen LogP) is 3.59. The molecule has 0 aliphatic carbocycles. The Morgan fingerprint density at radius 1 is 1.29 bits per heavy atom. The Hall–Kier alpha value is -2.81. The van der Waals surface area contributed by atoms with Crippen molar-refractivity contribution in [1.82, 2.24) is 19.9 Å². The molecule has 1 atom stereocenters. The van der Waals surface area contributed by atoms with Gasteiger partial charge in [0, 0.05) is 29.9 Å². The molecule has 0 amide bonds. The summed E-state index contributed by atoms with van der Waals surface area (Å²) in [6, 6.07) is 5.47. The van der Waals surface area contributed by atoms with E-state index in [2.05, 4.69) is 20.8 Å². The number of rotatable bonds is 3. The molecule has 0 saturated carbocycles. The number of alkyl halides is 3. The lowest BCUT2D eigenvalue weighted by Crippen LogP contribution is -2.38. The highest BCUT2D eigenvalue weighted by Gasteiger charge is 2.32. The summed E-state index contributed by atoms with van der Waals surface area (Å²) < 4.78 is 40.8. The van der Waals surface area contributed by atoms with Gasteiger partial charge in [-0.3, -0.25) is 4.40 Å². The van der Waals surface area contributed by atoms with Gasteiger partial charge in [0.1, 0.15) is 5.75 Å². The highest BCUT2D eigenvalue weighted by atomic mass is 19.4. The van der Waals surface area contributed by atoms with Gasteiger partial charge in [0.15, 0.2) is 5.65 Å². The van der Waals surface area contributed by atoms with E-state index in [1.807, 2.05) is 0 Å². The van der Waals surface area contributed by atoms with E-state index in [9.17, 15) is 18.3 Å².